The third-order valence-corrected chi connectivity index (χ3v) is 2.48. The summed E-state index contributed by atoms with van der Waals surface area (Å²) in [4.78, 5) is 4.24. The quantitative estimate of drug-likeness (QED) is 0.845. The molecule has 3 N–H and O–H groups in total. The SMILES string of the molecule is CCC[C@H](N)c1nc(-c2ccc(O)cc2)no1. The number of hydrogen-bond donors (Lipinski definition) is 2. The van der Waals surface area contributed by atoms with Gasteiger partial charge in [0.15, 0.2) is 0 Å². The Hall–Kier alpha value is -1.88. The first-order valence-electron chi connectivity index (χ1n) is 5.59. The van der Waals surface area contributed by atoms with E-state index in [1.807, 2.05) is 0 Å². The Morgan fingerprint density at radius 3 is 2.71 bits per heavy atom. The largest absolute Gasteiger partial charge is 0.508 e. The molecule has 1 aromatic carbocycles. The van der Waals surface area contributed by atoms with Crippen LogP contribution in [0.5, 0.6) is 5.75 Å². The van der Waals surface area contributed by atoms with Crippen LogP contribution >= 0.6 is 0 Å². The predicted octanol–water partition coefficient (Wildman–Crippen LogP) is 2.24. The van der Waals surface area contributed by atoms with Gasteiger partial charge in [0.1, 0.15) is 5.75 Å². The van der Waals surface area contributed by atoms with Crippen LogP contribution in [0.2, 0.25) is 0 Å². The summed E-state index contributed by atoms with van der Waals surface area (Å²) in [6.07, 6.45) is 1.79. The number of nitrogens with zero attached hydrogens (tertiary/aromatic N) is 2. The van der Waals surface area contributed by atoms with Crippen LogP contribution in [-0.2, 0) is 0 Å². The number of nitrogens with two attached hydrogens (primary N) is 1. The third kappa shape index (κ3) is 2.62. The van der Waals surface area contributed by atoms with E-state index < -0.39 is 0 Å². The molecule has 0 radical (unpaired) electrons. The zero-order valence-electron chi connectivity index (χ0n) is 9.63. The summed E-state index contributed by atoms with van der Waals surface area (Å²) in [5.74, 6) is 1.15. The van der Waals surface area contributed by atoms with Gasteiger partial charge in [-0.25, -0.2) is 0 Å². The second-order valence-electron chi connectivity index (χ2n) is 3.90. The lowest BCUT2D eigenvalue weighted by molar-refractivity contribution is 0.348. The van der Waals surface area contributed by atoms with E-state index in [0.717, 1.165) is 18.4 Å². The fourth-order valence-electron chi connectivity index (χ4n) is 1.55. The Morgan fingerprint density at radius 2 is 2.06 bits per heavy atom. The van der Waals surface area contributed by atoms with E-state index in [9.17, 15) is 5.11 Å². The van der Waals surface area contributed by atoms with Gasteiger partial charge in [-0.05, 0) is 30.7 Å². The highest BCUT2D eigenvalue weighted by Crippen LogP contribution is 2.21. The first-order valence-corrected chi connectivity index (χ1v) is 5.59. The number of hydrogen-bond acceptors (Lipinski definition) is 5. The molecule has 0 aliphatic carbocycles. The van der Waals surface area contributed by atoms with Crippen LogP contribution in [0.1, 0.15) is 31.7 Å². The number of benzene rings is 1. The normalized spacial score (nSPS) is 12.6. The fourth-order valence-corrected chi connectivity index (χ4v) is 1.55. The fraction of sp³-hybridized carbons (Fsp3) is 0.333. The lowest BCUT2D eigenvalue weighted by Crippen LogP contribution is -2.09. The van der Waals surface area contributed by atoms with Crippen LogP contribution in [0.3, 0.4) is 0 Å². The Morgan fingerprint density at radius 1 is 1.35 bits per heavy atom. The van der Waals surface area contributed by atoms with E-state index >= 15 is 0 Å². The maximum Gasteiger partial charge on any atom is 0.243 e. The molecule has 90 valence electrons. The first-order chi connectivity index (χ1) is 8.20. The third-order valence-electron chi connectivity index (χ3n) is 2.48. The summed E-state index contributed by atoms with van der Waals surface area (Å²) in [6.45, 7) is 2.05. The van der Waals surface area contributed by atoms with Crippen molar-refractivity contribution in [2.45, 2.75) is 25.8 Å². The van der Waals surface area contributed by atoms with Gasteiger partial charge in [0.25, 0.3) is 0 Å². The molecule has 5 nitrogen and oxygen atoms in total. The minimum Gasteiger partial charge on any atom is -0.508 e. The Kier molecular flexibility index (Phi) is 3.39. The maximum atomic E-state index is 9.18. The molecule has 0 fully saturated rings. The van der Waals surface area contributed by atoms with Gasteiger partial charge >= 0.3 is 0 Å². The van der Waals surface area contributed by atoms with Crippen molar-refractivity contribution in [3.05, 3.63) is 30.2 Å². The molecule has 2 rings (SSSR count). The smallest absolute Gasteiger partial charge is 0.243 e. The lowest BCUT2D eigenvalue weighted by Gasteiger charge is -2.02. The molecule has 17 heavy (non-hydrogen) atoms. The van der Waals surface area contributed by atoms with Gasteiger partial charge < -0.3 is 15.4 Å². The van der Waals surface area contributed by atoms with Gasteiger partial charge in [-0.1, -0.05) is 18.5 Å². The average molecular weight is 233 g/mol. The zero-order chi connectivity index (χ0) is 12.3. The number of rotatable bonds is 4. The molecule has 0 amide bonds. The molecule has 1 atom stereocenters. The number of phenolic OH excluding ortho intramolecular Hbond substituents is 1. The number of phenols is 1. The summed E-state index contributed by atoms with van der Waals surface area (Å²) in [6, 6.07) is 6.41. The minimum atomic E-state index is -0.210. The molecular formula is C12H15N3O2. The molecule has 0 saturated carbocycles. The molecule has 1 aromatic heterocycles. The van der Waals surface area contributed by atoms with Crippen LogP contribution in [0.25, 0.3) is 11.4 Å². The van der Waals surface area contributed by atoms with E-state index in [1.165, 1.54) is 0 Å². The van der Waals surface area contributed by atoms with E-state index in [-0.39, 0.29) is 11.8 Å². The van der Waals surface area contributed by atoms with Gasteiger partial charge in [0.05, 0.1) is 6.04 Å². The van der Waals surface area contributed by atoms with Crippen LogP contribution < -0.4 is 5.73 Å². The molecule has 0 saturated heterocycles. The predicted molar refractivity (Wildman–Crippen MR) is 63.2 cm³/mol. The second kappa shape index (κ2) is 4.97. The van der Waals surface area contributed by atoms with Crippen molar-refractivity contribution in [1.29, 1.82) is 0 Å². The highest BCUT2D eigenvalue weighted by molar-refractivity contribution is 5.55. The number of aromatic nitrogens is 2. The summed E-state index contributed by atoms with van der Waals surface area (Å²) >= 11 is 0. The van der Waals surface area contributed by atoms with Crippen molar-refractivity contribution >= 4 is 0 Å². The summed E-state index contributed by atoms with van der Waals surface area (Å²) < 4.78 is 5.12. The highest BCUT2D eigenvalue weighted by Gasteiger charge is 2.14. The van der Waals surface area contributed by atoms with Crippen LogP contribution in [0.4, 0.5) is 0 Å². The molecule has 0 bridgehead atoms. The lowest BCUT2D eigenvalue weighted by atomic mass is 10.2. The zero-order valence-corrected chi connectivity index (χ0v) is 9.63. The van der Waals surface area contributed by atoms with E-state index in [0.29, 0.717) is 11.7 Å². The molecule has 5 heteroatoms. The summed E-state index contributed by atoms with van der Waals surface area (Å²) in [5, 5.41) is 13.1. The Bertz CT molecular complexity index is 479. The second-order valence-corrected chi connectivity index (χ2v) is 3.90. The molecule has 0 spiro atoms. The van der Waals surface area contributed by atoms with Crippen molar-refractivity contribution in [2.24, 2.45) is 5.73 Å². The van der Waals surface area contributed by atoms with Crippen molar-refractivity contribution in [3.63, 3.8) is 0 Å². The van der Waals surface area contributed by atoms with Crippen molar-refractivity contribution < 1.29 is 9.63 Å². The Labute approximate surface area is 99.3 Å². The van der Waals surface area contributed by atoms with Crippen LogP contribution in [0, 0.1) is 0 Å². The molecule has 0 aliphatic rings. The van der Waals surface area contributed by atoms with Crippen molar-refractivity contribution in [2.75, 3.05) is 0 Å². The maximum absolute atomic E-state index is 9.18. The van der Waals surface area contributed by atoms with Gasteiger partial charge in [0.2, 0.25) is 11.7 Å². The minimum absolute atomic E-state index is 0.208. The van der Waals surface area contributed by atoms with Gasteiger partial charge in [-0.3, -0.25) is 0 Å². The van der Waals surface area contributed by atoms with E-state index in [4.69, 9.17) is 10.3 Å². The van der Waals surface area contributed by atoms with Crippen LogP contribution in [0.15, 0.2) is 28.8 Å². The molecule has 0 unspecified atom stereocenters. The molecule has 0 aliphatic heterocycles. The first kappa shape index (κ1) is 11.6. The average Bonchev–Trinajstić information content (AvgIpc) is 2.80. The van der Waals surface area contributed by atoms with E-state index in [1.54, 1.807) is 24.3 Å². The topological polar surface area (TPSA) is 85.2 Å². The molecule has 1 heterocycles. The van der Waals surface area contributed by atoms with Gasteiger partial charge in [-0.2, -0.15) is 4.98 Å². The van der Waals surface area contributed by atoms with Crippen molar-refractivity contribution in [3.8, 4) is 17.1 Å². The summed E-state index contributed by atoms with van der Waals surface area (Å²) in [5.41, 5.74) is 6.68. The van der Waals surface area contributed by atoms with Crippen LogP contribution in [-0.4, -0.2) is 15.2 Å². The standard InChI is InChI=1S/C12H15N3O2/c1-2-3-10(13)12-14-11(15-17-12)8-4-6-9(16)7-5-8/h4-7,10,16H,2-3,13H2,1H3/t10-/m0/s1. The highest BCUT2D eigenvalue weighted by atomic mass is 16.5. The van der Waals surface area contributed by atoms with E-state index in [2.05, 4.69) is 17.1 Å². The molecule has 2 aromatic rings. The molecular weight excluding hydrogens is 218 g/mol. The Balaban J connectivity index is 2.20. The van der Waals surface area contributed by atoms with Crippen molar-refractivity contribution in [1.82, 2.24) is 10.1 Å². The van der Waals surface area contributed by atoms with Gasteiger partial charge in [-0.15, -0.1) is 0 Å². The number of aromatic hydroxyl groups is 1. The summed E-state index contributed by atoms with van der Waals surface area (Å²) in [7, 11) is 0. The monoisotopic (exact) mass is 233 g/mol. The van der Waals surface area contributed by atoms with Gasteiger partial charge in [0, 0.05) is 5.56 Å².